The largest absolute Gasteiger partial charge is 0.355 e. The zero-order valence-corrected chi connectivity index (χ0v) is 11.6. The molecule has 2 bridgehead atoms. The van der Waals surface area contributed by atoms with Gasteiger partial charge in [-0.2, -0.15) is 0 Å². The van der Waals surface area contributed by atoms with Crippen molar-refractivity contribution in [3.8, 4) is 0 Å². The van der Waals surface area contributed by atoms with Gasteiger partial charge in [0.15, 0.2) is 0 Å². The number of hydrogen-bond acceptors (Lipinski definition) is 3. The minimum Gasteiger partial charge on any atom is -0.355 e. The Bertz CT molecular complexity index is 350. The second-order valence-electron chi connectivity index (χ2n) is 6.90. The van der Waals surface area contributed by atoms with Crippen LogP contribution in [0.1, 0.15) is 19.3 Å². The van der Waals surface area contributed by atoms with Gasteiger partial charge in [0.25, 0.3) is 0 Å². The highest BCUT2D eigenvalue weighted by Gasteiger charge is 2.67. The Morgan fingerprint density at radius 1 is 1.16 bits per heavy atom. The summed E-state index contributed by atoms with van der Waals surface area (Å²) in [6, 6.07) is 0. The molecular weight excluding hydrogens is 238 g/mol. The fourth-order valence-electron chi connectivity index (χ4n) is 5.07. The van der Waals surface area contributed by atoms with E-state index in [2.05, 4.69) is 15.5 Å². The van der Waals surface area contributed by atoms with Crippen LogP contribution < -0.4 is 10.6 Å². The molecule has 1 aliphatic heterocycles. The zero-order chi connectivity index (χ0) is 12.8. The van der Waals surface area contributed by atoms with Crippen LogP contribution >= 0.6 is 0 Å². The Labute approximate surface area is 115 Å². The summed E-state index contributed by atoms with van der Waals surface area (Å²) in [6.07, 6.45) is 4.23. The molecule has 4 fully saturated rings. The molecular formula is C15H25N3O. The highest BCUT2D eigenvalue weighted by molar-refractivity contribution is 5.82. The first-order chi connectivity index (χ1) is 9.34. The number of nitrogens with zero attached hydrogens (tertiary/aromatic N) is 1. The van der Waals surface area contributed by atoms with Crippen LogP contribution in [0.5, 0.6) is 0 Å². The van der Waals surface area contributed by atoms with E-state index in [-0.39, 0.29) is 0 Å². The van der Waals surface area contributed by atoms with Gasteiger partial charge in [0, 0.05) is 45.2 Å². The Hall–Kier alpha value is -0.610. The van der Waals surface area contributed by atoms with Gasteiger partial charge >= 0.3 is 0 Å². The van der Waals surface area contributed by atoms with E-state index in [0.29, 0.717) is 11.8 Å². The Balaban J connectivity index is 1.21. The molecule has 4 atom stereocenters. The third-order valence-electron chi connectivity index (χ3n) is 5.97. The van der Waals surface area contributed by atoms with Crippen LogP contribution in [0.4, 0.5) is 0 Å². The third kappa shape index (κ3) is 2.09. The molecule has 3 aliphatic carbocycles. The molecule has 0 aromatic carbocycles. The fourth-order valence-corrected chi connectivity index (χ4v) is 5.07. The minimum absolute atomic E-state index is 0.363. The molecule has 4 aliphatic rings. The molecule has 4 nitrogen and oxygen atoms in total. The fraction of sp³-hybridized carbons (Fsp3) is 0.933. The summed E-state index contributed by atoms with van der Waals surface area (Å²) in [6.45, 7) is 6.27. The summed E-state index contributed by atoms with van der Waals surface area (Å²) >= 11 is 0. The molecule has 0 radical (unpaired) electrons. The number of carbonyl (C=O) groups is 1. The summed E-state index contributed by atoms with van der Waals surface area (Å²) in [7, 11) is 0. The normalized spacial score (nSPS) is 44.1. The molecule has 0 aromatic rings. The van der Waals surface area contributed by atoms with E-state index >= 15 is 0 Å². The van der Waals surface area contributed by atoms with Gasteiger partial charge in [0.2, 0.25) is 5.91 Å². The van der Waals surface area contributed by atoms with Gasteiger partial charge < -0.3 is 10.6 Å². The number of carbonyl (C=O) groups excluding carboxylic acids is 1. The van der Waals surface area contributed by atoms with Crippen LogP contribution in [-0.2, 0) is 4.79 Å². The van der Waals surface area contributed by atoms with Crippen LogP contribution in [0.25, 0.3) is 0 Å². The predicted octanol–water partition coefficient (Wildman–Crippen LogP) is 0.300. The van der Waals surface area contributed by atoms with Gasteiger partial charge in [-0.05, 0) is 42.9 Å². The van der Waals surface area contributed by atoms with Gasteiger partial charge in [-0.25, -0.2) is 0 Å². The van der Waals surface area contributed by atoms with E-state index in [1.54, 1.807) is 0 Å². The number of amides is 1. The molecule has 4 heteroatoms. The maximum absolute atomic E-state index is 12.2. The van der Waals surface area contributed by atoms with Crippen LogP contribution in [0.3, 0.4) is 0 Å². The first-order valence-corrected chi connectivity index (χ1v) is 8.05. The van der Waals surface area contributed by atoms with Crippen molar-refractivity contribution in [3.63, 3.8) is 0 Å². The van der Waals surface area contributed by atoms with Crippen molar-refractivity contribution in [1.29, 1.82) is 0 Å². The maximum Gasteiger partial charge on any atom is 0.223 e. The summed E-state index contributed by atoms with van der Waals surface area (Å²) in [5.74, 6) is 4.12. The minimum atomic E-state index is 0.363. The molecule has 1 saturated heterocycles. The topological polar surface area (TPSA) is 44.4 Å². The standard InChI is InChI=1S/C15H25N3O/c19-15(17-5-8-18-6-3-16-4-7-18)14-12-10-1-2-11(9-10)13(12)14/h10-14,16H,1-9H2,(H,17,19). The van der Waals surface area contributed by atoms with Crippen LogP contribution in [-0.4, -0.2) is 50.1 Å². The average Bonchev–Trinajstić information content (AvgIpc) is 2.89. The molecule has 0 aromatic heterocycles. The molecule has 4 rings (SSSR count). The molecule has 2 N–H and O–H groups in total. The number of hydrogen-bond donors (Lipinski definition) is 2. The van der Waals surface area contributed by atoms with E-state index < -0.39 is 0 Å². The van der Waals surface area contributed by atoms with Crippen molar-refractivity contribution >= 4 is 5.91 Å². The summed E-state index contributed by atoms with van der Waals surface area (Å²) in [4.78, 5) is 14.7. The van der Waals surface area contributed by atoms with Gasteiger partial charge in [0.1, 0.15) is 0 Å². The molecule has 19 heavy (non-hydrogen) atoms. The van der Waals surface area contributed by atoms with Crippen molar-refractivity contribution < 1.29 is 4.79 Å². The Kier molecular flexibility index (Phi) is 3.03. The molecule has 1 heterocycles. The maximum atomic E-state index is 12.2. The molecule has 4 unspecified atom stereocenters. The van der Waals surface area contributed by atoms with Crippen LogP contribution in [0, 0.1) is 29.6 Å². The van der Waals surface area contributed by atoms with Crippen molar-refractivity contribution in [1.82, 2.24) is 15.5 Å². The van der Waals surface area contributed by atoms with Crippen LogP contribution in [0.2, 0.25) is 0 Å². The lowest BCUT2D eigenvalue weighted by Crippen LogP contribution is -2.46. The monoisotopic (exact) mass is 263 g/mol. The van der Waals surface area contributed by atoms with Crippen molar-refractivity contribution in [2.45, 2.75) is 19.3 Å². The van der Waals surface area contributed by atoms with E-state index in [4.69, 9.17) is 0 Å². The van der Waals surface area contributed by atoms with Gasteiger partial charge in [-0.1, -0.05) is 0 Å². The van der Waals surface area contributed by atoms with Crippen molar-refractivity contribution in [2.75, 3.05) is 39.3 Å². The van der Waals surface area contributed by atoms with E-state index in [1.807, 2.05) is 0 Å². The molecule has 106 valence electrons. The Morgan fingerprint density at radius 3 is 2.53 bits per heavy atom. The predicted molar refractivity (Wildman–Crippen MR) is 73.6 cm³/mol. The number of fused-ring (bicyclic) bond motifs is 5. The smallest absolute Gasteiger partial charge is 0.223 e. The van der Waals surface area contributed by atoms with Gasteiger partial charge in [0.05, 0.1) is 0 Å². The lowest BCUT2D eigenvalue weighted by Gasteiger charge is -2.27. The zero-order valence-electron chi connectivity index (χ0n) is 11.6. The van der Waals surface area contributed by atoms with Gasteiger partial charge in [-0.3, -0.25) is 9.69 Å². The Morgan fingerprint density at radius 2 is 1.84 bits per heavy atom. The lowest BCUT2D eigenvalue weighted by molar-refractivity contribution is -0.123. The van der Waals surface area contributed by atoms with E-state index in [0.717, 1.165) is 62.9 Å². The SMILES string of the molecule is O=C(NCCN1CCNCC1)C1C2C3CCC(C3)C12. The highest BCUT2D eigenvalue weighted by Crippen LogP contribution is 2.69. The summed E-state index contributed by atoms with van der Waals surface area (Å²) < 4.78 is 0. The number of piperazine rings is 1. The third-order valence-corrected chi connectivity index (χ3v) is 5.97. The molecule has 1 amide bonds. The second kappa shape index (κ2) is 4.74. The van der Waals surface area contributed by atoms with E-state index in [1.165, 1.54) is 19.3 Å². The lowest BCUT2D eigenvalue weighted by atomic mass is 10.0. The van der Waals surface area contributed by atoms with Crippen molar-refractivity contribution in [2.24, 2.45) is 29.6 Å². The van der Waals surface area contributed by atoms with Crippen molar-refractivity contribution in [3.05, 3.63) is 0 Å². The van der Waals surface area contributed by atoms with Crippen LogP contribution in [0.15, 0.2) is 0 Å². The number of nitrogens with one attached hydrogen (secondary N) is 2. The summed E-state index contributed by atoms with van der Waals surface area (Å²) in [5, 5.41) is 6.54. The van der Waals surface area contributed by atoms with E-state index in [9.17, 15) is 4.79 Å². The molecule has 0 spiro atoms. The summed E-state index contributed by atoms with van der Waals surface area (Å²) in [5.41, 5.74) is 0. The highest BCUT2D eigenvalue weighted by atomic mass is 16.2. The average molecular weight is 263 g/mol. The molecule has 3 saturated carbocycles. The first-order valence-electron chi connectivity index (χ1n) is 8.05. The quantitative estimate of drug-likeness (QED) is 0.767. The number of rotatable bonds is 4. The van der Waals surface area contributed by atoms with Gasteiger partial charge in [-0.15, -0.1) is 0 Å². The second-order valence-corrected chi connectivity index (χ2v) is 6.90. The first kappa shape index (κ1) is 12.2.